The minimum atomic E-state index is -4.15. The summed E-state index contributed by atoms with van der Waals surface area (Å²) in [7, 11) is 0. The molecule has 0 aromatic heterocycles. The minimum Gasteiger partial charge on any atom is -0.329 e. The number of nitrogens with one attached hydrogen (secondary N) is 1. The molecule has 0 bridgehead atoms. The van der Waals surface area contributed by atoms with E-state index in [1.54, 1.807) is 0 Å². The van der Waals surface area contributed by atoms with Crippen molar-refractivity contribution in [2.24, 2.45) is 11.7 Å². The summed E-state index contributed by atoms with van der Waals surface area (Å²) < 4.78 is 35.8. The van der Waals surface area contributed by atoms with Gasteiger partial charge in [-0.05, 0) is 5.92 Å². The Labute approximate surface area is 83.0 Å². The fraction of sp³-hybridized carbons (Fsp3) is 1.00. The van der Waals surface area contributed by atoms with E-state index in [1.165, 1.54) is 0 Å². The Morgan fingerprint density at radius 3 is 2.00 bits per heavy atom. The molecule has 2 nitrogen and oxygen atoms in total. The van der Waals surface area contributed by atoms with E-state index in [-0.39, 0.29) is 18.5 Å². The zero-order valence-electron chi connectivity index (χ0n) is 8.69. The molecule has 0 aromatic carbocycles. The van der Waals surface area contributed by atoms with Crippen molar-refractivity contribution in [2.45, 2.75) is 38.9 Å². The number of nitrogens with two attached hydrogens (primary N) is 1. The summed E-state index contributed by atoms with van der Waals surface area (Å²) in [4.78, 5) is 0. The molecule has 1 atom stereocenters. The summed E-state index contributed by atoms with van der Waals surface area (Å²) in [6.45, 7) is 3.23. The highest BCUT2D eigenvalue weighted by atomic mass is 19.4. The summed E-state index contributed by atoms with van der Waals surface area (Å²) in [6.07, 6.45) is -2.45. The number of rotatable bonds is 6. The lowest BCUT2D eigenvalue weighted by Crippen LogP contribution is -2.45. The van der Waals surface area contributed by atoms with Gasteiger partial charge in [0.25, 0.3) is 0 Å². The van der Waals surface area contributed by atoms with Crippen molar-refractivity contribution in [1.82, 2.24) is 5.32 Å². The van der Waals surface area contributed by atoms with Gasteiger partial charge in [0.1, 0.15) is 0 Å². The van der Waals surface area contributed by atoms with Crippen molar-refractivity contribution in [3.8, 4) is 0 Å². The summed E-state index contributed by atoms with van der Waals surface area (Å²) in [5.41, 5.74) is 5.42. The SMILES string of the molecule is CCC(CC)C(CN)NCC(F)(F)F. The Kier molecular flexibility index (Phi) is 6.11. The predicted molar refractivity (Wildman–Crippen MR) is 51.0 cm³/mol. The second kappa shape index (κ2) is 6.24. The van der Waals surface area contributed by atoms with Gasteiger partial charge in [-0.15, -0.1) is 0 Å². The van der Waals surface area contributed by atoms with E-state index >= 15 is 0 Å². The standard InChI is InChI=1S/C9H19F3N2/c1-3-7(4-2)8(5-13)14-6-9(10,11)12/h7-8,14H,3-6,13H2,1-2H3. The molecule has 14 heavy (non-hydrogen) atoms. The lowest BCUT2D eigenvalue weighted by atomic mass is 9.94. The van der Waals surface area contributed by atoms with Crippen LogP contribution in [-0.2, 0) is 0 Å². The van der Waals surface area contributed by atoms with Crippen molar-refractivity contribution < 1.29 is 13.2 Å². The average Bonchev–Trinajstić information content (AvgIpc) is 2.10. The van der Waals surface area contributed by atoms with Gasteiger partial charge < -0.3 is 11.1 Å². The van der Waals surface area contributed by atoms with Crippen molar-refractivity contribution in [1.29, 1.82) is 0 Å². The number of hydrogen-bond donors (Lipinski definition) is 2. The molecule has 0 spiro atoms. The second-order valence-electron chi connectivity index (χ2n) is 3.41. The van der Waals surface area contributed by atoms with Crippen LogP contribution in [0.25, 0.3) is 0 Å². The summed E-state index contributed by atoms with van der Waals surface area (Å²) in [5, 5.41) is 2.46. The van der Waals surface area contributed by atoms with Crippen LogP contribution in [0.3, 0.4) is 0 Å². The Morgan fingerprint density at radius 2 is 1.71 bits per heavy atom. The molecule has 0 rings (SSSR count). The summed E-state index contributed by atoms with van der Waals surface area (Å²) in [5.74, 6) is 0.224. The van der Waals surface area contributed by atoms with E-state index in [9.17, 15) is 13.2 Å². The van der Waals surface area contributed by atoms with Crippen LogP contribution in [0.5, 0.6) is 0 Å². The van der Waals surface area contributed by atoms with E-state index in [4.69, 9.17) is 5.73 Å². The average molecular weight is 212 g/mol. The zero-order chi connectivity index (χ0) is 11.2. The van der Waals surface area contributed by atoms with Gasteiger partial charge in [0.15, 0.2) is 0 Å². The first-order valence-electron chi connectivity index (χ1n) is 4.94. The monoisotopic (exact) mass is 212 g/mol. The number of hydrogen-bond acceptors (Lipinski definition) is 2. The fourth-order valence-electron chi connectivity index (χ4n) is 1.55. The Bertz CT molecular complexity index is 143. The Morgan fingerprint density at radius 1 is 1.21 bits per heavy atom. The number of halogens is 3. The van der Waals surface area contributed by atoms with Gasteiger partial charge in [-0.3, -0.25) is 0 Å². The van der Waals surface area contributed by atoms with Gasteiger partial charge in [0.2, 0.25) is 0 Å². The molecule has 0 aliphatic carbocycles. The van der Waals surface area contributed by atoms with Crippen LogP contribution in [0.15, 0.2) is 0 Å². The van der Waals surface area contributed by atoms with Gasteiger partial charge in [0, 0.05) is 12.6 Å². The first-order valence-corrected chi connectivity index (χ1v) is 4.94. The van der Waals surface area contributed by atoms with Crippen molar-refractivity contribution >= 4 is 0 Å². The van der Waals surface area contributed by atoms with E-state index in [2.05, 4.69) is 5.32 Å². The second-order valence-corrected chi connectivity index (χ2v) is 3.41. The molecule has 0 aliphatic heterocycles. The molecule has 0 aromatic rings. The van der Waals surface area contributed by atoms with Crippen molar-refractivity contribution in [3.05, 3.63) is 0 Å². The Balaban J connectivity index is 4.01. The molecule has 0 heterocycles. The summed E-state index contributed by atoms with van der Waals surface area (Å²) >= 11 is 0. The highest BCUT2D eigenvalue weighted by Crippen LogP contribution is 2.16. The molecule has 0 aliphatic rings. The van der Waals surface area contributed by atoms with E-state index < -0.39 is 12.7 Å². The summed E-state index contributed by atoms with van der Waals surface area (Å²) in [6, 6.07) is -0.230. The van der Waals surface area contributed by atoms with E-state index in [0.29, 0.717) is 0 Å². The van der Waals surface area contributed by atoms with Crippen LogP contribution >= 0.6 is 0 Å². The molecule has 0 saturated carbocycles. The van der Waals surface area contributed by atoms with Gasteiger partial charge in [-0.25, -0.2) is 0 Å². The van der Waals surface area contributed by atoms with Crippen LogP contribution in [0.1, 0.15) is 26.7 Å². The minimum absolute atomic E-state index is 0.224. The van der Waals surface area contributed by atoms with Gasteiger partial charge in [0.05, 0.1) is 6.54 Å². The third-order valence-corrected chi connectivity index (χ3v) is 2.44. The third kappa shape index (κ3) is 5.44. The van der Waals surface area contributed by atoms with Crippen molar-refractivity contribution in [2.75, 3.05) is 13.1 Å². The molecular weight excluding hydrogens is 193 g/mol. The molecule has 5 heteroatoms. The maximum atomic E-state index is 11.9. The molecule has 0 saturated heterocycles. The molecule has 0 fully saturated rings. The zero-order valence-corrected chi connectivity index (χ0v) is 8.69. The van der Waals surface area contributed by atoms with Crippen LogP contribution < -0.4 is 11.1 Å². The van der Waals surface area contributed by atoms with Crippen LogP contribution in [0.4, 0.5) is 13.2 Å². The molecule has 3 N–H and O–H groups in total. The molecule has 86 valence electrons. The first-order chi connectivity index (χ1) is 6.44. The number of alkyl halides is 3. The fourth-order valence-corrected chi connectivity index (χ4v) is 1.55. The van der Waals surface area contributed by atoms with E-state index in [0.717, 1.165) is 12.8 Å². The molecule has 0 amide bonds. The van der Waals surface area contributed by atoms with Crippen LogP contribution in [0.2, 0.25) is 0 Å². The topological polar surface area (TPSA) is 38.0 Å². The molecule has 0 radical (unpaired) electrons. The van der Waals surface area contributed by atoms with E-state index in [1.807, 2.05) is 13.8 Å². The maximum absolute atomic E-state index is 11.9. The third-order valence-electron chi connectivity index (χ3n) is 2.44. The van der Waals surface area contributed by atoms with Gasteiger partial charge in [-0.1, -0.05) is 26.7 Å². The van der Waals surface area contributed by atoms with Gasteiger partial charge in [-0.2, -0.15) is 13.2 Å². The highest BCUT2D eigenvalue weighted by Gasteiger charge is 2.29. The first kappa shape index (κ1) is 13.7. The highest BCUT2D eigenvalue weighted by molar-refractivity contribution is 4.76. The van der Waals surface area contributed by atoms with Crippen LogP contribution in [-0.4, -0.2) is 25.3 Å². The van der Waals surface area contributed by atoms with Gasteiger partial charge >= 0.3 is 6.18 Å². The maximum Gasteiger partial charge on any atom is 0.401 e. The smallest absolute Gasteiger partial charge is 0.329 e. The normalized spacial score (nSPS) is 14.8. The Hall–Kier alpha value is -0.290. The molecule has 1 unspecified atom stereocenters. The predicted octanol–water partition coefficient (Wildman–Crippen LogP) is 1.90. The quantitative estimate of drug-likeness (QED) is 0.705. The lowest BCUT2D eigenvalue weighted by Gasteiger charge is -2.25. The van der Waals surface area contributed by atoms with Crippen LogP contribution in [0, 0.1) is 5.92 Å². The van der Waals surface area contributed by atoms with Crippen molar-refractivity contribution in [3.63, 3.8) is 0 Å². The largest absolute Gasteiger partial charge is 0.401 e. The molecular formula is C9H19F3N2. The lowest BCUT2D eigenvalue weighted by molar-refractivity contribution is -0.126.